The van der Waals surface area contributed by atoms with Gasteiger partial charge in [0, 0.05) is 26.2 Å². The topological polar surface area (TPSA) is 60.9 Å². The highest BCUT2D eigenvalue weighted by molar-refractivity contribution is 7.92. The highest BCUT2D eigenvalue weighted by Gasteiger charge is 2.34. The molecule has 190 valence electrons. The molecule has 0 saturated carbocycles. The number of rotatable bonds is 6. The number of nitrogens with zero attached hydrogens (tertiary/aromatic N) is 3. The van der Waals surface area contributed by atoms with Crippen LogP contribution >= 0.6 is 0 Å². The summed E-state index contributed by atoms with van der Waals surface area (Å²) < 4.78 is 81.6. The molecule has 0 aliphatic carbocycles. The molecule has 1 aliphatic rings. The number of piperazine rings is 1. The normalized spacial score (nSPS) is 14.6. The van der Waals surface area contributed by atoms with Crippen LogP contribution in [0.25, 0.3) is 0 Å². The quantitative estimate of drug-likeness (QED) is 0.452. The van der Waals surface area contributed by atoms with Gasteiger partial charge >= 0.3 is 6.18 Å². The second-order valence-corrected chi connectivity index (χ2v) is 10.1. The van der Waals surface area contributed by atoms with E-state index < -0.39 is 34.2 Å². The Hall–Kier alpha value is -3.60. The third-order valence-electron chi connectivity index (χ3n) is 5.90. The summed E-state index contributed by atoms with van der Waals surface area (Å²) in [6.07, 6.45) is -4.69. The first-order chi connectivity index (χ1) is 17.1. The van der Waals surface area contributed by atoms with Crippen LogP contribution in [0.1, 0.15) is 5.56 Å². The first kappa shape index (κ1) is 25.5. The van der Waals surface area contributed by atoms with Crippen LogP contribution in [0, 0.1) is 5.82 Å². The second kappa shape index (κ2) is 10.2. The number of hydrogen-bond acceptors (Lipinski definition) is 4. The minimum atomic E-state index is -4.69. The Bertz CT molecular complexity index is 1330. The van der Waals surface area contributed by atoms with Gasteiger partial charge < -0.3 is 9.80 Å². The average molecular weight is 522 g/mol. The van der Waals surface area contributed by atoms with Gasteiger partial charge in [0.1, 0.15) is 12.4 Å². The molecular formula is C25H23F4N3O3S. The van der Waals surface area contributed by atoms with Crippen LogP contribution in [0.5, 0.6) is 0 Å². The zero-order valence-corrected chi connectivity index (χ0v) is 19.8. The van der Waals surface area contributed by atoms with Gasteiger partial charge in [-0.05, 0) is 42.5 Å². The summed E-state index contributed by atoms with van der Waals surface area (Å²) in [6, 6.07) is 17.3. The lowest BCUT2D eigenvalue weighted by molar-refractivity contribution is -0.137. The van der Waals surface area contributed by atoms with Gasteiger partial charge in [-0.1, -0.05) is 36.4 Å². The average Bonchev–Trinajstić information content (AvgIpc) is 2.87. The van der Waals surface area contributed by atoms with Gasteiger partial charge in [-0.3, -0.25) is 9.10 Å². The fourth-order valence-electron chi connectivity index (χ4n) is 4.00. The number of para-hydroxylation sites is 1. The number of amides is 1. The van der Waals surface area contributed by atoms with E-state index >= 15 is 0 Å². The molecule has 0 bridgehead atoms. The number of benzene rings is 3. The predicted molar refractivity (Wildman–Crippen MR) is 128 cm³/mol. The van der Waals surface area contributed by atoms with Crippen LogP contribution in [-0.4, -0.2) is 51.9 Å². The molecule has 1 aliphatic heterocycles. The monoisotopic (exact) mass is 521 g/mol. The molecular weight excluding hydrogens is 498 g/mol. The molecule has 1 fully saturated rings. The van der Waals surface area contributed by atoms with Crippen LogP contribution in [0.2, 0.25) is 0 Å². The van der Waals surface area contributed by atoms with Gasteiger partial charge in [-0.15, -0.1) is 0 Å². The summed E-state index contributed by atoms with van der Waals surface area (Å²) >= 11 is 0. The van der Waals surface area contributed by atoms with E-state index in [1.807, 2.05) is 0 Å². The molecule has 3 aromatic rings. The molecule has 0 spiro atoms. The number of anilines is 2. The highest BCUT2D eigenvalue weighted by atomic mass is 32.2. The maximum atomic E-state index is 14.1. The summed E-state index contributed by atoms with van der Waals surface area (Å²) in [7, 11) is -4.35. The van der Waals surface area contributed by atoms with E-state index in [0.29, 0.717) is 29.1 Å². The molecule has 0 unspecified atom stereocenters. The van der Waals surface area contributed by atoms with E-state index in [9.17, 15) is 30.8 Å². The Kier molecular flexibility index (Phi) is 7.21. The third-order valence-corrected chi connectivity index (χ3v) is 7.69. The Balaban J connectivity index is 1.58. The third kappa shape index (κ3) is 5.46. The second-order valence-electron chi connectivity index (χ2n) is 8.19. The van der Waals surface area contributed by atoms with Crippen LogP contribution in [0.4, 0.5) is 28.9 Å². The van der Waals surface area contributed by atoms with Crippen molar-refractivity contribution in [2.45, 2.75) is 11.1 Å². The maximum absolute atomic E-state index is 14.1. The van der Waals surface area contributed by atoms with E-state index in [0.717, 1.165) is 12.1 Å². The van der Waals surface area contributed by atoms with Crippen LogP contribution in [-0.2, 0) is 21.0 Å². The highest BCUT2D eigenvalue weighted by Crippen LogP contribution is 2.33. The summed E-state index contributed by atoms with van der Waals surface area (Å²) in [5.41, 5.74) is -0.895. The van der Waals surface area contributed by atoms with Crippen molar-refractivity contribution in [3.05, 3.63) is 90.2 Å². The predicted octanol–water partition coefficient (Wildman–Crippen LogP) is 4.39. The van der Waals surface area contributed by atoms with Crippen LogP contribution in [0.3, 0.4) is 0 Å². The number of hydrogen-bond donors (Lipinski definition) is 0. The van der Waals surface area contributed by atoms with Crippen molar-refractivity contribution in [1.82, 2.24) is 4.90 Å². The number of halogens is 4. The Morgan fingerprint density at radius 1 is 0.861 bits per heavy atom. The van der Waals surface area contributed by atoms with Crippen molar-refractivity contribution < 1.29 is 30.8 Å². The van der Waals surface area contributed by atoms with E-state index in [2.05, 4.69) is 0 Å². The molecule has 1 heterocycles. The molecule has 0 radical (unpaired) electrons. The van der Waals surface area contributed by atoms with Crippen molar-refractivity contribution in [1.29, 1.82) is 0 Å². The lowest BCUT2D eigenvalue weighted by Gasteiger charge is -2.37. The van der Waals surface area contributed by atoms with Gasteiger partial charge in [-0.25, -0.2) is 12.8 Å². The molecule has 0 atom stereocenters. The molecule has 4 rings (SSSR count). The SMILES string of the molecule is O=C(CN(c1cccc(C(F)(F)F)c1)S(=O)(=O)c1ccccc1)N1CCN(c2ccccc2F)CC1. The Morgan fingerprint density at radius 2 is 1.50 bits per heavy atom. The summed E-state index contributed by atoms with van der Waals surface area (Å²) in [4.78, 5) is 16.2. The fourth-order valence-corrected chi connectivity index (χ4v) is 5.43. The number of carbonyl (C=O) groups is 1. The standard InChI is InChI=1S/C25H23F4N3O3S/c26-22-11-4-5-12-23(22)30-13-15-31(16-14-30)24(33)18-32(36(34,35)21-9-2-1-3-10-21)20-8-6-7-19(17-20)25(27,28)29/h1-12,17H,13-16,18H2. The molecule has 1 saturated heterocycles. The zero-order valence-electron chi connectivity index (χ0n) is 19.0. The molecule has 36 heavy (non-hydrogen) atoms. The molecule has 3 aromatic carbocycles. The van der Waals surface area contributed by atoms with Crippen molar-refractivity contribution >= 4 is 27.3 Å². The van der Waals surface area contributed by atoms with Crippen LogP contribution in [0.15, 0.2) is 83.8 Å². The first-order valence-corrected chi connectivity index (χ1v) is 12.5. The number of alkyl halides is 3. The Labute approximate surface area is 206 Å². The minimum absolute atomic E-state index is 0.153. The van der Waals surface area contributed by atoms with Crippen molar-refractivity contribution in [3.8, 4) is 0 Å². The molecule has 0 aromatic heterocycles. The molecule has 1 amide bonds. The summed E-state index contributed by atoms with van der Waals surface area (Å²) in [6.45, 7) is 0.367. The van der Waals surface area contributed by atoms with E-state index in [4.69, 9.17) is 0 Å². The maximum Gasteiger partial charge on any atom is 0.416 e. The van der Waals surface area contributed by atoms with E-state index in [-0.39, 0.29) is 29.5 Å². The van der Waals surface area contributed by atoms with Gasteiger partial charge in [-0.2, -0.15) is 13.2 Å². The smallest absolute Gasteiger partial charge is 0.366 e. The largest absolute Gasteiger partial charge is 0.416 e. The molecule has 11 heteroatoms. The van der Waals surface area contributed by atoms with Gasteiger partial charge in [0.25, 0.3) is 10.0 Å². The Morgan fingerprint density at radius 3 is 2.14 bits per heavy atom. The summed E-state index contributed by atoms with van der Waals surface area (Å²) in [5.74, 6) is -0.956. The number of sulfonamides is 1. The van der Waals surface area contributed by atoms with Gasteiger partial charge in [0.2, 0.25) is 5.91 Å². The summed E-state index contributed by atoms with van der Waals surface area (Å²) in [5, 5.41) is 0. The lowest BCUT2D eigenvalue weighted by Crippen LogP contribution is -2.52. The van der Waals surface area contributed by atoms with Crippen molar-refractivity contribution in [3.63, 3.8) is 0 Å². The molecule has 0 N–H and O–H groups in total. The minimum Gasteiger partial charge on any atom is -0.366 e. The molecule has 6 nitrogen and oxygen atoms in total. The van der Waals surface area contributed by atoms with Crippen LogP contribution < -0.4 is 9.21 Å². The lowest BCUT2D eigenvalue weighted by atomic mass is 10.2. The van der Waals surface area contributed by atoms with Gasteiger partial charge in [0.05, 0.1) is 21.8 Å². The first-order valence-electron chi connectivity index (χ1n) is 11.1. The van der Waals surface area contributed by atoms with E-state index in [1.54, 1.807) is 29.2 Å². The van der Waals surface area contributed by atoms with Gasteiger partial charge in [0.15, 0.2) is 0 Å². The van der Waals surface area contributed by atoms with Crippen molar-refractivity contribution in [2.24, 2.45) is 0 Å². The number of carbonyl (C=O) groups excluding carboxylic acids is 1. The van der Waals surface area contributed by atoms with Crippen molar-refractivity contribution in [2.75, 3.05) is 41.9 Å². The zero-order chi connectivity index (χ0) is 25.9. The van der Waals surface area contributed by atoms with E-state index in [1.165, 1.54) is 41.3 Å². The fraction of sp³-hybridized carbons (Fsp3) is 0.240.